The maximum Gasteiger partial charge on any atom is 0.251 e. The second kappa shape index (κ2) is 13.7. The van der Waals surface area contributed by atoms with Crippen LogP contribution >= 0.6 is 24.0 Å². The van der Waals surface area contributed by atoms with Crippen molar-refractivity contribution in [2.75, 3.05) is 59.7 Å². The third-order valence-corrected chi connectivity index (χ3v) is 5.21. The largest absolute Gasteiger partial charge is 0.475 e. The number of piperazine rings is 1. The Morgan fingerprint density at radius 2 is 2.06 bits per heavy atom. The minimum atomic E-state index is -0.249. The predicted molar refractivity (Wildman–Crippen MR) is 129 cm³/mol. The highest BCUT2D eigenvalue weighted by atomic mass is 127. The Hall–Kier alpha value is -1.66. The fourth-order valence-electron chi connectivity index (χ4n) is 3.60. The van der Waals surface area contributed by atoms with Gasteiger partial charge in [0.15, 0.2) is 5.96 Å². The summed E-state index contributed by atoms with van der Waals surface area (Å²) < 4.78 is 16.3. The summed E-state index contributed by atoms with van der Waals surface area (Å²) in [6.07, 6.45) is 3.27. The van der Waals surface area contributed by atoms with E-state index in [0.29, 0.717) is 45.3 Å². The van der Waals surface area contributed by atoms with Crippen LogP contribution in [-0.2, 0) is 20.8 Å². The van der Waals surface area contributed by atoms with E-state index < -0.39 is 0 Å². The van der Waals surface area contributed by atoms with E-state index in [1.807, 2.05) is 17.0 Å². The summed E-state index contributed by atoms with van der Waals surface area (Å²) in [5, 5.41) is 3.36. The van der Waals surface area contributed by atoms with Gasteiger partial charge in [0.2, 0.25) is 5.88 Å². The average molecular weight is 547 g/mol. The van der Waals surface area contributed by atoms with Gasteiger partial charge in [-0.05, 0) is 25.8 Å². The fraction of sp³-hybridized carbons (Fsp3) is 0.667. The maximum absolute atomic E-state index is 12.6. The predicted octanol–water partition coefficient (Wildman–Crippen LogP) is 1.51. The van der Waals surface area contributed by atoms with Gasteiger partial charge in [-0.25, -0.2) is 9.98 Å². The van der Waals surface area contributed by atoms with Gasteiger partial charge in [0.1, 0.15) is 12.7 Å². The zero-order valence-corrected chi connectivity index (χ0v) is 20.7. The first-order valence-electron chi connectivity index (χ1n) is 10.7. The van der Waals surface area contributed by atoms with Crippen LogP contribution in [0.3, 0.4) is 0 Å². The van der Waals surface area contributed by atoms with Crippen LogP contribution in [0, 0.1) is 0 Å². The summed E-state index contributed by atoms with van der Waals surface area (Å²) in [4.78, 5) is 25.8. The van der Waals surface area contributed by atoms with Gasteiger partial charge < -0.3 is 29.3 Å². The van der Waals surface area contributed by atoms with Crippen LogP contribution in [-0.4, -0.2) is 92.4 Å². The van der Waals surface area contributed by atoms with Gasteiger partial charge >= 0.3 is 0 Å². The van der Waals surface area contributed by atoms with Gasteiger partial charge in [0.25, 0.3) is 5.91 Å². The van der Waals surface area contributed by atoms with Crippen molar-refractivity contribution in [1.82, 2.24) is 20.1 Å². The quantitative estimate of drug-likeness (QED) is 0.229. The Morgan fingerprint density at radius 3 is 2.74 bits per heavy atom. The van der Waals surface area contributed by atoms with Crippen molar-refractivity contribution < 1.29 is 19.0 Å². The van der Waals surface area contributed by atoms with Crippen molar-refractivity contribution in [1.29, 1.82) is 0 Å². The SMILES string of the molecule is CCNC(=NCc1cccnc1OCCOC)N1CCN(C(=O)C2CCCO2)CC1.I. The van der Waals surface area contributed by atoms with E-state index >= 15 is 0 Å². The second-order valence-electron chi connectivity index (χ2n) is 7.29. The molecule has 2 aliphatic rings. The molecule has 3 heterocycles. The topological polar surface area (TPSA) is 88.5 Å². The third-order valence-electron chi connectivity index (χ3n) is 5.21. The number of aromatic nitrogens is 1. The van der Waals surface area contributed by atoms with Gasteiger partial charge in [-0.15, -0.1) is 24.0 Å². The number of nitrogens with one attached hydrogen (secondary N) is 1. The zero-order valence-electron chi connectivity index (χ0n) is 18.4. The minimum Gasteiger partial charge on any atom is -0.475 e. The molecular formula is C21H34IN5O4. The van der Waals surface area contributed by atoms with Crippen LogP contribution in [0.2, 0.25) is 0 Å². The summed E-state index contributed by atoms with van der Waals surface area (Å²) in [6.45, 7) is 7.80. The maximum atomic E-state index is 12.6. The van der Waals surface area contributed by atoms with Crippen LogP contribution in [0.1, 0.15) is 25.3 Å². The number of pyridine rings is 1. The monoisotopic (exact) mass is 547 g/mol. The number of methoxy groups -OCH3 is 1. The molecule has 1 atom stereocenters. The molecule has 2 aliphatic heterocycles. The summed E-state index contributed by atoms with van der Waals surface area (Å²) in [6, 6.07) is 3.86. The molecule has 31 heavy (non-hydrogen) atoms. The normalized spacial score (nSPS) is 19.2. The Labute approximate surface area is 201 Å². The molecule has 0 bridgehead atoms. The smallest absolute Gasteiger partial charge is 0.251 e. The van der Waals surface area contributed by atoms with E-state index in [1.165, 1.54) is 0 Å². The van der Waals surface area contributed by atoms with Gasteiger partial charge in [-0.3, -0.25) is 4.79 Å². The lowest BCUT2D eigenvalue weighted by Gasteiger charge is -2.37. The van der Waals surface area contributed by atoms with Crippen LogP contribution in [0.5, 0.6) is 5.88 Å². The molecule has 0 radical (unpaired) electrons. The first kappa shape index (κ1) is 25.6. The molecule has 0 aliphatic carbocycles. The molecular weight excluding hydrogens is 513 g/mol. The van der Waals surface area contributed by atoms with Crippen molar-refractivity contribution in [3.63, 3.8) is 0 Å². The van der Waals surface area contributed by atoms with Crippen molar-refractivity contribution in [2.45, 2.75) is 32.4 Å². The molecule has 1 unspecified atom stereocenters. The van der Waals surface area contributed by atoms with Crippen LogP contribution < -0.4 is 10.1 Å². The van der Waals surface area contributed by atoms with Gasteiger partial charge in [0, 0.05) is 58.2 Å². The molecule has 2 fully saturated rings. The molecule has 9 nitrogen and oxygen atoms in total. The highest BCUT2D eigenvalue weighted by Gasteiger charge is 2.30. The van der Waals surface area contributed by atoms with Gasteiger partial charge in [0.05, 0.1) is 13.2 Å². The third kappa shape index (κ3) is 7.46. The fourth-order valence-corrected chi connectivity index (χ4v) is 3.60. The van der Waals surface area contributed by atoms with Crippen molar-refractivity contribution in [3.8, 4) is 5.88 Å². The van der Waals surface area contributed by atoms with E-state index in [-0.39, 0.29) is 36.0 Å². The molecule has 0 aromatic carbocycles. The summed E-state index contributed by atoms with van der Waals surface area (Å²) in [5.41, 5.74) is 0.927. The Morgan fingerprint density at radius 1 is 1.29 bits per heavy atom. The van der Waals surface area contributed by atoms with Crippen LogP contribution in [0.4, 0.5) is 0 Å². The van der Waals surface area contributed by atoms with Gasteiger partial charge in [-0.1, -0.05) is 6.07 Å². The number of carbonyl (C=O) groups excluding carboxylic acids is 1. The molecule has 0 saturated carbocycles. The highest BCUT2D eigenvalue weighted by molar-refractivity contribution is 14.0. The average Bonchev–Trinajstić information content (AvgIpc) is 3.32. The molecule has 1 amide bonds. The standard InChI is InChI=1S/C21H33N5O4.HI/c1-3-22-21(24-16-17-6-4-8-23-19(17)30-15-14-28-2)26-11-9-25(10-12-26)20(27)18-7-5-13-29-18;/h4,6,8,18H,3,5,7,9-16H2,1-2H3,(H,22,24);1H. The van der Waals surface area contributed by atoms with Crippen molar-refractivity contribution in [2.24, 2.45) is 4.99 Å². The van der Waals surface area contributed by atoms with E-state index in [4.69, 9.17) is 19.2 Å². The minimum absolute atomic E-state index is 0. The first-order valence-corrected chi connectivity index (χ1v) is 10.7. The van der Waals surface area contributed by atoms with E-state index in [1.54, 1.807) is 13.3 Å². The zero-order chi connectivity index (χ0) is 21.2. The van der Waals surface area contributed by atoms with Crippen molar-refractivity contribution in [3.05, 3.63) is 23.9 Å². The Balaban J connectivity index is 0.00000341. The Bertz CT molecular complexity index is 707. The lowest BCUT2D eigenvalue weighted by Crippen LogP contribution is -2.55. The number of halogens is 1. The first-order chi connectivity index (χ1) is 14.7. The van der Waals surface area contributed by atoms with E-state index in [0.717, 1.165) is 44.0 Å². The molecule has 174 valence electrons. The highest BCUT2D eigenvalue weighted by Crippen LogP contribution is 2.17. The molecule has 3 rings (SSSR count). The number of carbonyl (C=O) groups is 1. The number of ether oxygens (including phenoxy) is 3. The number of nitrogens with zero attached hydrogens (tertiary/aromatic N) is 4. The summed E-state index contributed by atoms with van der Waals surface area (Å²) in [7, 11) is 1.64. The number of amides is 1. The molecule has 0 spiro atoms. The van der Waals surface area contributed by atoms with E-state index in [9.17, 15) is 4.79 Å². The molecule has 1 N–H and O–H groups in total. The molecule has 1 aromatic heterocycles. The number of rotatable bonds is 8. The number of aliphatic imine (C=N–C) groups is 1. The molecule has 10 heteroatoms. The number of hydrogen-bond donors (Lipinski definition) is 1. The lowest BCUT2D eigenvalue weighted by atomic mass is 10.2. The van der Waals surface area contributed by atoms with E-state index in [2.05, 4.69) is 22.1 Å². The van der Waals surface area contributed by atoms with Gasteiger partial charge in [-0.2, -0.15) is 0 Å². The molecule has 2 saturated heterocycles. The number of guanidine groups is 1. The van der Waals surface area contributed by atoms with Crippen LogP contribution in [0.15, 0.2) is 23.3 Å². The lowest BCUT2D eigenvalue weighted by molar-refractivity contribution is -0.142. The van der Waals surface area contributed by atoms with Crippen molar-refractivity contribution >= 4 is 35.8 Å². The number of hydrogen-bond acceptors (Lipinski definition) is 6. The summed E-state index contributed by atoms with van der Waals surface area (Å²) >= 11 is 0. The Kier molecular flexibility index (Phi) is 11.3. The second-order valence-corrected chi connectivity index (χ2v) is 7.29. The van der Waals surface area contributed by atoms with Crippen LogP contribution in [0.25, 0.3) is 0 Å². The molecule has 1 aromatic rings. The summed E-state index contributed by atoms with van der Waals surface area (Å²) in [5.74, 6) is 1.55.